The number of carbonyl (C=O) groups excluding carboxylic acids is 1. The second-order valence-electron chi connectivity index (χ2n) is 11.6. The Labute approximate surface area is 213 Å². The van der Waals surface area contributed by atoms with Gasteiger partial charge in [-0.05, 0) is 54.2 Å². The summed E-state index contributed by atoms with van der Waals surface area (Å²) in [6.07, 6.45) is 3.74. The number of benzene rings is 2. The van der Waals surface area contributed by atoms with Crippen molar-refractivity contribution in [1.29, 1.82) is 0 Å². The first-order valence-corrected chi connectivity index (χ1v) is 12.2. The molecule has 4 rings (SSSR count). The van der Waals surface area contributed by atoms with Crippen LogP contribution in [0.2, 0.25) is 0 Å². The van der Waals surface area contributed by atoms with Crippen LogP contribution in [0.25, 0.3) is 17.1 Å². The number of rotatable bonds is 4. The molecule has 36 heavy (non-hydrogen) atoms. The van der Waals surface area contributed by atoms with E-state index < -0.39 is 0 Å². The molecule has 4 aromatic rings. The van der Waals surface area contributed by atoms with Gasteiger partial charge in [0.25, 0.3) is 5.91 Å². The first kappa shape index (κ1) is 25.4. The minimum absolute atomic E-state index is 0.0356. The lowest BCUT2D eigenvalue weighted by atomic mass is 9.85. The van der Waals surface area contributed by atoms with Crippen molar-refractivity contribution >= 4 is 11.6 Å². The lowest BCUT2D eigenvalue weighted by Gasteiger charge is -2.20. The van der Waals surface area contributed by atoms with Gasteiger partial charge >= 0.3 is 0 Å². The molecule has 2 aromatic heterocycles. The van der Waals surface area contributed by atoms with E-state index in [1.54, 1.807) is 4.68 Å². The fourth-order valence-corrected chi connectivity index (χ4v) is 4.31. The molecule has 1 N–H and O–H groups in total. The molecule has 0 unspecified atom stereocenters. The Kier molecular flexibility index (Phi) is 6.37. The first-order chi connectivity index (χ1) is 16.8. The van der Waals surface area contributed by atoms with Crippen molar-refractivity contribution in [1.82, 2.24) is 24.5 Å². The molecule has 0 radical (unpaired) electrons. The normalized spacial score (nSPS) is 12.1. The van der Waals surface area contributed by atoms with Gasteiger partial charge in [0.2, 0.25) is 0 Å². The zero-order chi connectivity index (χ0) is 26.4. The Bertz CT molecular complexity index is 1430. The van der Waals surface area contributed by atoms with Crippen molar-refractivity contribution in [3.8, 4) is 17.1 Å². The lowest BCUT2D eigenvalue weighted by Crippen LogP contribution is -2.17. The Morgan fingerprint density at radius 1 is 0.917 bits per heavy atom. The standard InChI is InChI=1S/C29H36N6O/c1-18-10-12-20(28(3,4)5)14-22(18)26(36)31-21-13-11-19(2)24(15-21)35-17-23(32-33-35)25-16-30-27(34(25)9)29(6,7)8/h10-17H,1-9H3,(H,31,36). The third-order valence-electron chi connectivity index (χ3n) is 6.48. The van der Waals surface area contributed by atoms with E-state index in [2.05, 4.69) is 72.8 Å². The molecule has 0 atom stereocenters. The number of carbonyl (C=O) groups is 1. The highest BCUT2D eigenvalue weighted by Crippen LogP contribution is 2.28. The molecule has 1 amide bonds. The third kappa shape index (κ3) is 4.96. The van der Waals surface area contributed by atoms with E-state index in [1.807, 2.05) is 63.6 Å². The molecule has 0 bridgehead atoms. The van der Waals surface area contributed by atoms with E-state index in [9.17, 15) is 4.79 Å². The number of aromatic nitrogens is 5. The largest absolute Gasteiger partial charge is 0.329 e. The summed E-state index contributed by atoms with van der Waals surface area (Å²) in [7, 11) is 2.00. The van der Waals surface area contributed by atoms with Crippen LogP contribution in [0.1, 0.15) is 74.4 Å². The van der Waals surface area contributed by atoms with Gasteiger partial charge in [-0.15, -0.1) is 5.10 Å². The number of imidazole rings is 1. The van der Waals surface area contributed by atoms with Gasteiger partial charge in [0.1, 0.15) is 11.5 Å². The van der Waals surface area contributed by atoms with Gasteiger partial charge in [-0.2, -0.15) is 0 Å². The molecule has 0 aliphatic rings. The van der Waals surface area contributed by atoms with Crippen LogP contribution in [-0.2, 0) is 17.9 Å². The summed E-state index contributed by atoms with van der Waals surface area (Å²) in [4.78, 5) is 17.8. The number of nitrogens with one attached hydrogen (secondary N) is 1. The molecule has 0 aliphatic heterocycles. The van der Waals surface area contributed by atoms with Crippen LogP contribution in [0.15, 0.2) is 48.8 Å². The van der Waals surface area contributed by atoms with E-state index in [1.165, 1.54) is 0 Å². The number of hydrogen-bond donors (Lipinski definition) is 1. The fraction of sp³-hybridized carbons (Fsp3) is 0.379. The monoisotopic (exact) mass is 484 g/mol. The van der Waals surface area contributed by atoms with Crippen molar-refractivity contribution in [2.24, 2.45) is 7.05 Å². The summed E-state index contributed by atoms with van der Waals surface area (Å²) in [5.74, 6) is 0.857. The molecule has 188 valence electrons. The smallest absolute Gasteiger partial charge is 0.255 e. The van der Waals surface area contributed by atoms with Crippen molar-refractivity contribution in [2.45, 2.75) is 66.2 Å². The Morgan fingerprint density at radius 3 is 2.25 bits per heavy atom. The molecule has 0 saturated carbocycles. The molecular weight excluding hydrogens is 448 g/mol. The van der Waals surface area contributed by atoms with Gasteiger partial charge in [-0.3, -0.25) is 4.79 Å². The topological polar surface area (TPSA) is 77.6 Å². The van der Waals surface area contributed by atoms with E-state index in [0.717, 1.165) is 39.6 Å². The average molecular weight is 485 g/mol. The van der Waals surface area contributed by atoms with E-state index in [4.69, 9.17) is 0 Å². The predicted octanol–water partition coefficient (Wildman–Crippen LogP) is 6.13. The SMILES string of the molecule is Cc1ccc(C(C)(C)C)cc1C(=O)Nc1ccc(C)c(-n2cc(-c3cnc(C(C)(C)C)n3C)nn2)c1. The highest BCUT2D eigenvalue weighted by molar-refractivity contribution is 6.05. The average Bonchev–Trinajstić information content (AvgIpc) is 3.41. The number of nitrogens with zero attached hydrogens (tertiary/aromatic N) is 5. The van der Waals surface area contributed by atoms with E-state index in [0.29, 0.717) is 11.3 Å². The fourth-order valence-electron chi connectivity index (χ4n) is 4.31. The zero-order valence-electron chi connectivity index (χ0n) is 22.8. The van der Waals surface area contributed by atoms with Crippen LogP contribution in [0.3, 0.4) is 0 Å². The van der Waals surface area contributed by atoms with Crippen molar-refractivity contribution in [2.75, 3.05) is 5.32 Å². The summed E-state index contributed by atoms with van der Waals surface area (Å²) in [6, 6.07) is 11.9. The Morgan fingerprint density at radius 2 is 1.61 bits per heavy atom. The van der Waals surface area contributed by atoms with Gasteiger partial charge in [0.15, 0.2) is 0 Å². The quantitative estimate of drug-likeness (QED) is 0.378. The number of amides is 1. The van der Waals surface area contributed by atoms with Crippen LogP contribution < -0.4 is 5.32 Å². The zero-order valence-corrected chi connectivity index (χ0v) is 22.8. The molecule has 7 heteroatoms. The molecule has 0 spiro atoms. The van der Waals surface area contributed by atoms with Gasteiger partial charge in [-0.25, -0.2) is 9.67 Å². The highest BCUT2D eigenvalue weighted by atomic mass is 16.1. The molecule has 2 heterocycles. The summed E-state index contributed by atoms with van der Waals surface area (Å²) in [5, 5.41) is 11.9. The predicted molar refractivity (Wildman–Crippen MR) is 145 cm³/mol. The summed E-state index contributed by atoms with van der Waals surface area (Å²) >= 11 is 0. The summed E-state index contributed by atoms with van der Waals surface area (Å²) in [6.45, 7) is 16.8. The number of aryl methyl sites for hydroxylation is 2. The molecule has 7 nitrogen and oxygen atoms in total. The van der Waals surface area contributed by atoms with Gasteiger partial charge in [0, 0.05) is 23.7 Å². The van der Waals surface area contributed by atoms with Crippen LogP contribution in [0.5, 0.6) is 0 Å². The van der Waals surface area contributed by atoms with Crippen molar-refractivity contribution in [3.05, 3.63) is 76.9 Å². The first-order valence-electron chi connectivity index (χ1n) is 12.2. The maximum atomic E-state index is 13.2. The summed E-state index contributed by atoms with van der Waals surface area (Å²) < 4.78 is 3.81. The van der Waals surface area contributed by atoms with E-state index in [-0.39, 0.29) is 16.7 Å². The minimum Gasteiger partial charge on any atom is -0.329 e. The summed E-state index contributed by atoms with van der Waals surface area (Å²) in [5.41, 5.74) is 6.87. The number of hydrogen-bond acceptors (Lipinski definition) is 4. The van der Waals surface area contributed by atoms with Crippen molar-refractivity contribution in [3.63, 3.8) is 0 Å². The minimum atomic E-state index is -0.128. The van der Waals surface area contributed by atoms with Gasteiger partial charge in [-0.1, -0.05) is 65.0 Å². The number of anilines is 1. The molecule has 0 saturated heterocycles. The maximum absolute atomic E-state index is 13.2. The molecule has 0 fully saturated rings. The van der Waals surface area contributed by atoms with Crippen molar-refractivity contribution < 1.29 is 4.79 Å². The van der Waals surface area contributed by atoms with Gasteiger partial charge < -0.3 is 9.88 Å². The van der Waals surface area contributed by atoms with Crippen LogP contribution >= 0.6 is 0 Å². The van der Waals surface area contributed by atoms with Gasteiger partial charge in [0.05, 0.1) is 23.8 Å². The van der Waals surface area contributed by atoms with Crippen LogP contribution in [0, 0.1) is 13.8 Å². The lowest BCUT2D eigenvalue weighted by molar-refractivity contribution is 0.102. The maximum Gasteiger partial charge on any atom is 0.255 e. The Hall–Kier alpha value is -3.74. The molecule has 0 aliphatic carbocycles. The Balaban J connectivity index is 1.62. The highest BCUT2D eigenvalue weighted by Gasteiger charge is 2.22. The van der Waals surface area contributed by atoms with Crippen LogP contribution in [-0.4, -0.2) is 30.5 Å². The molecular formula is C29H36N6O. The van der Waals surface area contributed by atoms with E-state index >= 15 is 0 Å². The molecule has 2 aromatic carbocycles. The second-order valence-corrected chi connectivity index (χ2v) is 11.6. The van der Waals surface area contributed by atoms with Crippen LogP contribution in [0.4, 0.5) is 5.69 Å². The second kappa shape index (κ2) is 9.04. The third-order valence-corrected chi connectivity index (χ3v) is 6.48.